The third-order valence-electron chi connectivity index (χ3n) is 2.67. The zero-order valence-corrected chi connectivity index (χ0v) is 11.8. The molecule has 0 aliphatic carbocycles. The van der Waals surface area contributed by atoms with Gasteiger partial charge in [-0.05, 0) is 38.1 Å². The molecule has 0 aliphatic rings. The van der Waals surface area contributed by atoms with Crippen molar-refractivity contribution in [2.45, 2.75) is 20.4 Å². The van der Waals surface area contributed by atoms with Gasteiger partial charge in [-0.25, -0.2) is 9.67 Å². The average Bonchev–Trinajstić information content (AvgIpc) is 2.68. The fraction of sp³-hybridized carbons (Fsp3) is 0.308. The Morgan fingerprint density at radius 2 is 2.00 bits per heavy atom. The lowest BCUT2D eigenvalue weighted by Crippen LogP contribution is -2.11. The third-order valence-corrected chi connectivity index (χ3v) is 2.91. The summed E-state index contributed by atoms with van der Waals surface area (Å²) in [6.07, 6.45) is 0. The monoisotopic (exact) mass is 276 g/mol. The van der Waals surface area contributed by atoms with Gasteiger partial charge in [-0.1, -0.05) is 12.2 Å². The van der Waals surface area contributed by atoms with Crippen LogP contribution in [0.5, 0.6) is 5.75 Å². The van der Waals surface area contributed by atoms with Crippen molar-refractivity contribution in [1.82, 2.24) is 14.8 Å². The van der Waals surface area contributed by atoms with E-state index in [-0.39, 0.29) is 0 Å². The summed E-state index contributed by atoms with van der Waals surface area (Å²) < 4.78 is 7.47. The van der Waals surface area contributed by atoms with Crippen molar-refractivity contribution in [2.24, 2.45) is 5.73 Å². The summed E-state index contributed by atoms with van der Waals surface area (Å²) >= 11 is 4.89. The lowest BCUT2D eigenvalue weighted by atomic mass is 10.2. The molecule has 2 N–H and O–H groups in total. The fourth-order valence-corrected chi connectivity index (χ4v) is 1.87. The van der Waals surface area contributed by atoms with E-state index in [1.54, 1.807) is 0 Å². The van der Waals surface area contributed by atoms with E-state index >= 15 is 0 Å². The molecule has 100 valence electrons. The van der Waals surface area contributed by atoms with Crippen LogP contribution < -0.4 is 10.5 Å². The van der Waals surface area contributed by atoms with Gasteiger partial charge in [0, 0.05) is 5.56 Å². The minimum atomic E-state index is 0.389. The number of aromatic nitrogens is 3. The molecule has 1 heterocycles. The van der Waals surface area contributed by atoms with E-state index in [0.717, 1.165) is 23.0 Å². The molecule has 1 aromatic heterocycles. The van der Waals surface area contributed by atoms with Crippen LogP contribution in [-0.4, -0.2) is 26.4 Å². The Balaban J connectivity index is 1.89. The predicted molar refractivity (Wildman–Crippen MR) is 77.3 cm³/mol. The molecule has 5 nitrogen and oxygen atoms in total. The Bertz CT molecular complexity index is 577. The minimum Gasteiger partial charge on any atom is -0.492 e. The van der Waals surface area contributed by atoms with Crippen molar-refractivity contribution in [1.29, 1.82) is 0 Å². The van der Waals surface area contributed by atoms with Crippen LogP contribution in [0.25, 0.3) is 0 Å². The van der Waals surface area contributed by atoms with E-state index in [2.05, 4.69) is 10.1 Å². The van der Waals surface area contributed by atoms with Crippen molar-refractivity contribution in [3.63, 3.8) is 0 Å². The second-order valence-electron chi connectivity index (χ2n) is 4.17. The van der Waals surface area contributed by atoms with Crippen molar-refractivity contribution >= 4 is 17.2 Å². The highest BCUT2D eigenvalue weighted by molar-refractivity contribution is 7.80. The standard InChI is InChI=1S/C13H16N4OS/c1-9-15-10(2)17(16-9)7-8-18-12-5-3-11(4-6-12)13(14)19/h3-6H,7-8H2,1-2H3,(H2,14,19). The van der Waals surface area contributed by atoms with Gasteiger partial charge in [0.05, 0.1) is 6.54 Å². The number of rotatable bonds is 5. The highest BCUT2D eigenvalue weighted by atomic mass is 32.1. The van der Waals surface area contributed by atoms with Gasteiger partial charge in [0.25, 0.3) is 0 Å². The molecule has 2 aromatic rings. The van der Waals surface area contributed by atoms with Crippen LogP contribution in [0.3, 0.4) is 0 Å². The van der Waals surface area contributed by atoms with Crippen LogP contribution in [0.15, 0.2) is 24.3 Å². The molecule has 0 atom stereocenters. The summed E-state index contributed by atoms with van der Waals surface area (Å²) in [6.45, 7) is 5.01. The van der Waals surface area contributed by atoms with E-state index in [1.165, 1.54) is 0 Å². The molecule has 1 aromatic carbocycles. The van der Waals surface area contributed by atoms with Crippen molar-refractivity contribution in [3.05, 3.63) is 41.5 Å². The maximum Gasteiger partial charge on any atom is 0.147 e. The molecule has 0 saturated carbocycles. The molecule has 6 heteroatoms. The maximum atomic E-state index is 5.64. The van der Waals surface area contributed by atoms with E-state index in [1.807, 2.05) is 42.8 Å². The smallest absolute Gasteiger partial charge is 0.147 e. The molecule has 0 fully saturated rings. The SMILES string of the molecule is Cc1nc(C)n(CCOc2ccc(C(N)=S)cc2)n1. The van der Waals surface area contributed by atoms with Crippen molar-refractivity contribution in [2.75, 3.05) is 6.61 Å². The highest BCUT2D eigenvalue weighted by Crippen LogP contribution is 2.12. The molecule has 0 spiro atoms. The van der Waals surface area contributed by atoms with Gasteiger partial charge in [0.2, 0.25) is 0 Å². The summed E-state index contributed by atoms with van der Waals surface area (Å²) in [5.41, 5.74) is 6.37. The lowest BCUT2D eigenvalue weighted by Gasteiger charge is -2.07. The Hall–Kier alpha value is -1.95. The summed E-state index contributed by atoms with van der Waals surface area (Å²) in [4.78, 5) is 4.62. The number of nitrogens with two attached hydrogens (primary N) is 1. The first-order valence-electron chi connectivity index (χ1n) is 5.97. The van der Waals surface area contributed by atoms with E-state index in [4.69, 9.17) is 22.7 Å². The van der Waals surface area contributed by atoms with Gasteiger partial charge in [0.1, 0.15) is 29.0 Å². The highest BCUT2D eigenvalue weighted by Gasteiger charge is 2.02. The van der Waals surface area contributed by atoms with Crippen LogP contribution in [0, 0.1) is 13.8 Å². The predicted octanol–water partition coefficient (Wildman–Crippen LogP) is 1.61. The summed E-state index contributed by atoms with van der Waals surface area (Å²) in [5.74, 6) is 2.46. The molecule has 19 heavy (non-hydrogen) atoms. The largest absolute Gasteiger partial charge is 0.492 e. The molecule has 0 saturated heterocycles. The molecule has 0 radical (unpaired) electrons. The second-order valence-corrected chi connectivity index (χ2v) is 4.61. The average molecular weight is 276 g/mol. The van der Waals surface area contributed by atoms with Gasteiger partial charge in [-0.2, -0.15) is 5.10 Å². The van der Waals surface area contributed by atoms with Gasteiger partial charge in [0.15, 0.2) is 0 Å². The van der Waals surface area contributed by atoms with E-state index < -0.39 is 0 Å². The number of hydrogen-bond donors (Lipinski definition) is 1. The Morgan fingerprint density at radius 1 is 1.32 bits per heavy atom. The zero-order valence-electron chi connectivity index (χ0n) is 11.0. The summed E-state index contributed by atoms with van der Waals surface area (Å²) in [7, 11) is 0. The van der Waals surface area contributed by atoms with Gasteiger partial charge >= 0.3 is 0 Å². The topological polar surface area (TPSA) is 66.0 Å². The first kappa shape index (κ1) is 13.5. The fourth-order valence-electron chi connectivity index (χ4n) is 1.74. The molecule has 0 aliphatic heterocycles. The third kappa shape index (κ3) is 3.51. The number of thiocarbonyl (C=S) groups is 1. The number of benzene rings is 1. The molecule has 2 rings (SSSR count). The van der Waals surface area contributed by atoms with Crippen molar-refractivity contribution in [3.8, 4) is 5.75 Å². The van der Waals surface area contributed by atoms with Crippen LogP contribution in [-0.2, 0) is 6.54 Å². The van der Waals surface area contributed by atoms with Crippen LogP contribution >= 0.6 is 12.2 Å². The molecular formula is C13H16N4OS. The molecular weight excluding hydrogens is 260 g/mol. The minimum absolute atomic E-state index is 0.389. The number of nitrogens with zero attached hydrogens (tertiary/aromatic N) is 3. The lowest BCUT2D eigenvalue weighted by molar-refractivity contribution is 0.289. The number of hydrogen-bond acceptors (Lipinski definition) is 4. The van der Waals surface area contributed by atoms with Crippen LogP contribution in [0.1, 0.15) is 17.2 Å². The first-order valence-corrected chi connectivity index (χ1v) is 6.38. The molecule has 0 unspecified atom stereocenters. The zero-order chi connectivity index (χ0) is 13.8. The number of aryl methyl sites for hydroxylation is 2. The van der Waals surface area contributed by atoms with E-state index in [0.29, 0.717) is 18.1 Å². The Labute approximate surface area is 117 Å². The molecule has 0 bridgehead atoms. The number of ether oxygens (including phenoxy) is 1. The normalized spacial score (nSPS) is 10.4. The van der Waals surface area contributed by atoms with Gasteiger partial charge in [-0.15, -0.1) is 0 Å². The summed E-state index contributed by atoms with van der Waals surface area (Å²) in [5, 5.41) is 4.27. The van der Waals surface area contributed by atoms with Gasteiger partial charge in [-0.3, -0.25) is 0 Å². The van der Waals surface area contributed by atoms with Crippen molar-refractivity contribution < 1.29 is 4.74 Å². The maximum absolute atomic E-state index is 5.64. The second kappa shape index (κ2) is 5.79. The Kier molecular flexibility index (Phi) is 4.11. The summed E-state index contributed by atoms with van der Waals surface area (Å²) in [6, 6.07) is 7.41. The van der Waals surface area contributed by atoms with Crippen LogP contribution in [0.2, 0.25) is 0 Å². The quantitative estimate of drug-likeness (QED) is 0.840. The first-order chi connectivity index (χ1) is 9.06. The van der Waals surface area contributed by atoms with Gasteiger partial charge < -0.3 is 10.5 Å². The van der Waals surface area contributed by atoms with E-state index in [9.17, 15) is 0 Å². The molecule has 0 amide bonds. The van der Waals surface area contributed by atoms with Crippen LogP contribution in [0.4, 0.5) is 0 Å². The Morgan fingerprint density at radius 3 is 2.53 bits per heavy atom.